The molecule has 2 N–H and O–H groups in total. The van der Waals surface area contributed by atoms with Gasteiger partial charge in [0.05, 0.1) is 36.8 Å². The van der Waals surface area contributed by atoms with E-state index in [0.717, 1.165) is 31.9 Å². The lowest BCUT2D eigenvalue weighted by molar-refractivity contribution is -0.111. The molecule has 2 saturated heterocycles. The monoisotopic (exact) mass is 629 g/mol. The second kappa shape index (κ2) is 13.4. The van der Waals surface area contributed by atoms with Gasteiger partial charge in [0.25, 0.3) is 0 Å². The van der Waals surface area contributed by atoms with Crippen molar-refractivity contribution in [2.45, 2.75) is 12.5 Å². The number of aromatic nitrogens is 4. The molecule has 2 fully saturated rings. The fraction of sp³-hybridized carbons (Fsp3) is 0.312. The Morgan fingerprint density at radius 1 is 1.09 bits per heavy atom. The highest BCUT2D eigenvalue weighted by atomic mass is 19.1. The van der Waals surface area contributed by atoms with Crippen molar-refractivity contribution in [3.63, 3.8) is 0 Å². The predicted octanol–water partition coefficient (Wildman–Crippen LogP) is 4.65. The summed E-state index contributed by atoms with van der Waals surface area (Å²) in [7, 11) is 5.46. The third-order valence-electron chi connectivity index (χ3n) is 7.84. The van der Waals surface area contributed by atoms with Crippen LogP contribution in [0.3, 0.4) is 0 Å². The Morgan fingerprint density at radius 3 is 2.65 bits per heavy atom. The summed E-state index contributed by atoms with van der Waals surface area (Å²) in [5.41, 5.74) is 2.72. The van der Waals surface area contributed by atoms with Crippen LogP contribution in [0.4, 0.5) is 33.1 Å². The van der Waals surface area contributed by atoms with E-state index in [1.807, 2.05) is 12.1 Å². The van der Waals surface area contributed by atoms with Gasteiger partial charge in [0.1, 0.15) is 29.5 Å². The molecule has 4 heterocycles. The third-order valence-corrected chi connectivity index (χ3v) is 7.84. The maximum atomic E-state index is 14.7. The summed E-state index contributed by atoms with van der Waals surface area (Å²) < 4.78 is 27.9. The molecule has 0 saturated carbocycles. The van der Waals surface area contributed by atoms with Gasteiger partial charge in [0.15, 0.2) is 5.82 Å². The van der Waals surface area contributed by atoms with Crippen LogP contribution in [0.15, 0.2) is 67.6 Å². The Balaban J connectivity index is 1.26. The molecular formula is C32H36FN9O4. The number of rotatable bonds is 10. The normalized spacial score (nSPS) is 16.7. The lowest BCUT2D eigenvalue weighted by atomic mass is 10.0. The van der Waals surface area contributed by atoms with E-state index in [0.29, 0.717) is 59.0 Å². The highest BCUT2D eigenvalue weighted by Crippen LogP contribution is 2.40. The molecule has 1 amide bonds. The zero-order valence-corrected chi connectivity index (χ0v) is 25.9. The molecule has 2 aromatic heterocycles. The number of piperazine rings is 1. The lowest BCUT2D eigenvalue weighted by Gasteiger charge is -2.35. The summed E-state index contributed by atoms with van der Waals surface area (Å²) in [6.07, 6.45) is 5.01. The molecule has 46 heavy (non-hydrogen) atoms. The van der Waals surface area contributed by atoms with Crippen LogP contribution in [-0.4, -0.2) is 77.5 Å². The number of methoxy groups -OCH3 is 1. The summed E-state index contributed by atoms with van der Waals surface area (Å²) in [5, 5.41) is 12.1. The fourth-order valence-electron chi connectivity index (χ4n) is 5.50. The van der Waals surface area contributed by atoms with Crippen LogP contribution < -0.4 is 30.1 Å². The van der Waals surface area contributed by atoms with Crippen molar-refractivity contribution in [3.05, 3.63) is 79.0 Å². The predicted molar refractivity (Wildman–Crippen MR) is 172 cm³/mol. The van der Waals surface area contributed by atoms with Crippen molar-refractivity contribution in [1.29, 1.82) is 0 Å². The largest absolute Gasteiger partial charge is 0.494 e. The molecule has 6 rings (SSSR count). The van der Waals surface area contributed by atoms with E-state index < -0.39 is 5.82 Å². The zero-order valence-electron chi connectivity index (χ0n) is 25.9. The number of amides is 1. The first-order chi connectivity index (χ1) is 22.3. The van der Waals surface area contributed by atoms with E-state index in [4.69, 9.17) is 14.3 Å². The van der Waals surface area contributed by atoms with Crippen molar-refractivity contribution in [2.24, 2.45) is 7.05 Å². The molecule has 0 radical (unpaired) electrons. The maximum absolute atomic E-state index is 14.7. The van der Waals surface area contributed by atoms with Crippen LogP contribution in [0.2, 0.25) is 0 Å². The van der Waals surface area contributed by atoms with Gasteiger partial charge in [-0.1, -0.05) is 6.58 Å². The first-order valence-electron chi connectivity index (χ1n) is 14.9. The van der Waals surface area contributed by atoms with Crippen molar-refractivity contribution in [2.75, 3.05) is 67.5 Å². The molecule has 1 unspecified atom stereocenters. The van der Waals surface area contributed by atoms with Crippen LogP contribution in [0.1, 0.15) is 18.0 Å². The van der Waals surface area contributed by atoms with Crippen LogP contribution in [-0.2, 0) is 16.7 Å². The Bertz CT molecular complexity index is 1720. The van der Waals surface area contributed by atoms with Crippen molar-refractivity contribution in [3.8, 4) is 17.4 Å². The average molecular weight is 630 g/mol. The number of carbonyl (C=O) groups is 1. The molecule has 2 aliphatic rings. The van der Waals surface area contributed by atoms with Crippen LogP contribution in [0.25, 0.3) is 0 Å². The van der Waals surface area contributed by atoms with Gasteiger partial charge in [-0.25, -0.2) is 19.4 Å². The molecule has 0 aliphatic carbocycles. The van der Waals surface area contributed by atoms with Gasteiger partial charge in [0.2, 0.25) is 11.8 Å². The van der Waals surface area contributed by atoms with Gasteiger partial charge in [0, 0.05) is 70.1 Å². The number of ether oxygens (including phenoxy) is 2. The van der Waals surface area contributed by atoms with Crippen molar-refractivity contribution < 1.29 is 23.5 Å². The van der Waals surface area contributed by atoms with Crippen LogP contribution in [0.5, 0.6) is 17.4 Å². The Morgan fingerprint density at radius 2 is 1.91 bits per heavy atom. The van der Waals surface area contributed by atoms with Gasteiger partial charge in [-0.3, -0.25) is 14.3 Å². The van der Waals surface area contributed by atoms with Gasteiger partial charge in [-0.15, -0.1) is 5.10 Å². The maximum Gasteiger partial charge on any atom is 0.247 e. The van der Waals surface area contributed by atoms with E-state index in [1.165, 1.54) is 24.5 Å². The lowest BCUT2D eigenvalue weighted by Crippen LogP contribution is -2.44. The Hall–Kier alpha value is -5.21. The zero-order chi connectivity index (χ0) is 32.2. The SMILES string of the molecule is C=CC(=O)Nc1cc(Nc2cc(N3OCCC3c3cc(F)cc(Oc4ccn(C)n4)c3)ncn2)c(OC)cc1N1CCN(C)CC1. The molecule has 0 spiro atoms. The molecule has 4 aromatic rings. The van der Waals surface area contributed by atoms with Gasteiger partial charge < -0.3 is 29.9 Å². The summed E-state index contributed by atoms with van der Waals surface area (Å²) in [4.78, 5) is 31.7. The minimum absolute atomic E-state index is 0.320. The van der Waals surface area contributed by atoms with E-state index in [1.54, 1.807) is 48.3 Å². The van der Waals surface area contributed by atoms with E-state index >= 15 is 0 Å². The number of likely N-dealkylation sites (N-methyl/N-ethyl adjacent to an activating group) is 1. The number of hydroxylamine groups is 1. The van der Waals surface area contributed by atoms with Gasteiger partial charge >= 0.3 is 0 Å². The number of anilines is 5. The summed E-state index contributed by atoms with van der Waals surface area (Å²) in [6.45, 7) is 7.42. The van der Waals surface area contributed by atoms with E-state index in [9.17, 15) is 9.18 Å². The summed E-state index contributed by atoms with van der Waals surface area (Å²) in [6, 6.07) is 11.4. The Labute approximate surface area is 266 Å². The molecule has 240 valence electrons. The average Bonchev–Trinajstić information content (AvgIpc) is 3.71. The number of nitrogens with zero attached hydrogens (tertiary/aromatic N) is 7. The number of carbonyl (C=O) groups excluding carboxylic acids is 1. The van der Waals surface area contributed by atoms with Gasteiger partial charge in [-0.05, 0) is 36.9 Å². The minimum atomic E-state index is -0.438. The first kappa shape index (κ1) is 30.8. The molecule has 0 bridgehead atoms. The highest BCUT2D eigenvalue weighted by molar-refractivity contribution is 6.02. The fourth-order valence-corrected chi connectivity index (χ4v) is 5.50. The standard InChI is InChI=1S/C32H36FN9O4/c1-5-31(43)37-24-17-25(28(44-4)18-27(24)41-11-9-39(2)10-12-41)36-29-19-30(35-20-34-29)42-26(7-13-45-42)21-14-22(33)16-23(15-21)46-32-6-8-40(3)38-32/h5-6,8,14-20,26H,1,7,9-13H2,2-4H3,(H,37,43)(H,34,35,36). The second-order valence-electron chi connectivity index (χ2n) is 11.1. The summed E-state index contributed by atoms with van der Waals surface area (Å²) >= 11 is 0. The molecule has 1 atom stereocenters. The summed E-state index contributed by atoms with van der Waals surface area (Å²) in [5.74, 6) is 1.45. The number of halogens is 1. The highest BCUT2D eigenvalue weighted by Gasteiger charge is 2.30. The molecule has 13 nitrogen and oxygen atoms in total. The molecular weight excluding hydrogens is 593 g/mol. The quantitative estimate of drug-likeness (QED) is 0.238. The van der Waals surface area contributed by atoms with E-state index in [2.05, 4.69) is 49.1 Å². The number of hydrogen-bond acceptors (Lipinski definition) is 11. The number of hydrogen-bond donors (Lipinski definition) is 2. The Kier molecular flexibility index (Phi) is 8.99. The molecule has 2 aromatic carbocycles. The van der Waals surface area contributed by atoms with Crippen LogP contribution >= 0.6 is 0 Å². The minimum Gasteiger partial charge on any atom is -0.494 e. The van der Waals surface area contributed by atoms with Crippen LogP contribution in [0, 0.1) is 5.82 Å². The van der Waals surface area contributed by atoms with Crippen molar-refractivity contribution >= 4 is 34.6 Å². The number of benzene rings is 2. The second-order valence-corrected chi connectivity index (χ2v) is 11.1. The first-order valence-corrected chi connectivity index (χ1v) is 14.9. The number of aryl methyl sites for hydroxylation is 1. The smallest absolute Gasteiger partial charge is 0.247 e. The number of nitrogens with one attached hydrogen (secondary N) is 2. The van der Waals surface area contributed by atoms with Gasteiger partial charge in [-0.2, -0.15) is 0 Å². The topological polar surface area (TPSA) is 122 Å². The van der Waals surface area contributed by atoms with Crippen molar-refractivity contribution in [1.82, 2.24) is 24.6 Å². The van der Waals surface area contributed by atoms with E-state index in [-0.39, 0.29) is 11.9 Å². The molecule has 2 aliphatic heterocycles. The third kappa shape index (κ3) is 6.87. The molecule has 14 heteroatoms.